The molecular weight excluding hydrogens is 314 g/mol. The highest BCUT2D eigenvalue weighted by atomic mass is 32.1. The maximum Gasteiger partial charge on any atom is 0.104 e. The van der Waals surface area contributed by atoms with Crippen molar-refractivity contribution >= 4 is 28.3 Å². The van der Waals surface area contributed by atoms with Crippen molar-refractivity contribution in [3.8, 4) is 0 Å². The molecule has 1 N–H and O–H groups in total. The number of rotatable bonds is 4. The summed E-state index contributed by atoms with van der Waals surface area (Å²) in [5.41, 5.74) is 1.46. The Morgan fingerprint density at radius 2 is 1.83 bits per heavy atom. The van der Waals surface area contributed by atoms with E-state index < -0.39 is 0 Å². The van der Waals surface area contributed by atoms with E-state index in [-0.39, 0.29) is 0 Å². The molecule has 1 aromatic heterocycles. The maximum atomic E-state index is 4.62. The van der Waals surface area contributed by atoms with E-state index in [2.05, 4.69) is 70.1 Å². The minimum Gasteiger partial charge on any atom is -0.328 e. The third-order valence-corrected chi connectivity index (χ3v) is 5.47. The molecule has 0 atom stereocenters. The van der Waals surface area contributed by atoms with Crippen LogP contribution in [0.1, 0.15) is 10.4 Å². The van der Waals surface area contributed by atoms with Gasteiger partial charge < -0.3 is 4.90 Å². The van der Waals surface area contributed by atoms with Crippen LogP contribution in [0.3, 0.4) is 0 Å². The molecule has 0 unspecified atom stereocenters. The molecule has 0 spiro atoms. The maximum absolute atomic E-state index is 4.62. The number of benzene rings is 2. The Kier molecular flexibility index (Phi) is 4.58. The molecule has 24 heavy (non-hydrogen) atoms. The second kappa shape index (κ2) is 7.16. The molecule has 4 heteroatoms. The highest BCUT2D eigenvalue weighted by Gasteiger charge is 2.19. The van der Waals surface area contributed by atoms with Gasteiger partial charge in [0, 0.05) is 10.4 Å². The van der Waals surface area contributed by atoms with Gasteiger partial charge in [0.1, 0.15) is 6.54 Å². The molecule has 1 aliphatic heterocycles. The van der Waals surface area contributed by atoms with Crippen molar-refractivity contribution in [2.24, 2.45) is 5.10 Å². The molecule has 2 heterocycles. The molecule has 1 saturated heterocycles. The number of quaternary nitrogens is 1. The first-order chi connectivity index (χ1) is 11.9. The first-order valence-corrected chi connectivity index (χ1v) is 9.39. The molecule has 0 aliphatic carbocycles. The molecule has 1 fully saturated rings. The third kappa shape index (κ3) is 3.50. The quantitative estimate of drug-likeness (QED) is 0.726. The number of nitrogens with one attached hydrogen (secondary N) is 1. The van der Waals surface area contributed by atoms with Gasteiger partial charge in [-0.2, -0.15) is 5.10 Å². The first kappa shape index (κ1) is 15.4. The van der Waals surface area contributed by atoms with E-state index in [1.807, 2.05) is 6.21 Å². The van der Waals surface area contributed by atoms with E-state index in [4.69, 9.17) is 0 Å². The van der Waals surface area contributed by atoms with Crippen LogP contribution in [0.15, 0.2) is 65.1 Å². The molecule has 2 aromatic carbocycles. The second-order valence-electron chi connectivity index (χ2n) is 6.28. The lowest BCUT2D eigenvalue weighted by molar-refractivity contribution is -0.918. The number of nitrogens with zero attached hydrogens (tertiary/aromatic N) is 2. The molecule has 3 aromatic rings. The summed E-state index contributed by atoms with van der Waals surface area (Å²) in [6.45, 7) is 5.45. The summed E-state index contributed by atoms with van der Waals surface area (Å²) in [7, 11) is 0. The summed E-state index contributed by atoms with van der Waals surface area (Å²) in [6, 6.07) is 19.5. The van der Waals surface area contributed by atoms with Crippen molar-refractivity contribution in [2.75, 3.05) is 26.2 Å². The molecule has 4 rings (SSSR count). The van der Waals surface area contributed by atoms with Gasteiger partial charge in [-0.25, -0.2) is 0 Å². The van der Waals surface area contributed by atoms with Crippen LogP contribution < -0.4 is 4.90 Å². The third-order valence-electron chi connectivity index (χ3n) is 4.66. The number of hydrogen-bond donors (Lipinski definition) is 1. The number of fused-ring (bicyclic) bond motifs is 1. The number of hydrazone groups is 1. The van der Waals surface area contributed by atoms with Crippen LogP contribution >= 0.6 is 11.3 Å². The molecule has 3 nitrogen and oxygen atoms in total. The van der Waals surface area contributed by atoms with Crippen LogP contribution in [0.4, 0.5) is 0 Å². The molecule has 0 amide bonds. The van der Waals surface area contributed by atoms with Crippen LogP contribution in [0.2, 0.25) is 0 Å². The van der Waals surface area contributed by atoms with Crippen molar-refractivity contribution in [2.45, 2.75) is 6.54 Å². The number of hydrogen-bond acceptors (Lipinski definition) is 3. The average molecular weight is 336 g/mol. The monoisotopic (exact) mass is 336 g/mol. The van der Waals surface area contributed by atoms with E-state index in [1.165, 1.54) is 21.2 Å². The average Bonchev–Trinajstić information content (AvgIpc) is 3.15. The predicted octanol–water partition coefficient (Wildman–Crippen LogP) is 2.64. The lowest BCUT2D eigenvalue weighted by Crippen LogP contribution is -3.13. The van der Waals surface area contributed by atoms with Crippen LogP contribution in [-0.2, 0) is 6.54 Å². The van der Waals surface area contributed by atoms with Crippen LogP contribution in [-0.4, -0.2) is 37.4 Å². The summed E-state index contributed by atoms with van der Waals surface area (Å²) in [5.74, 6) is 0. The van der Waals surface area contributed by atoms with Gasteiger partial charge in [0.25, 0.3) is 0 Å². The zero-order valence-corrected chi connectivity index (χ0v) is 14.5. The molecule has 0 radical (unpaired) electrons. The van der Waals surface area contributed by atoms with Gasteiger partial charge in [0.05, 0.1) is 32.4 Å². The van der Waals surface area contributed by atoms with Crippen molar-refractivity contribution in [1.29, 1.82) is 0 Å². The Bertz CT molecular complexity index is 813. The Balaban J connectivity index is 1.37. The van der Waals surface area contributed by atoms with Gasteiger partial charge in [-0.3, -0.25) is 5.01 Å². The fraction of sp³-hybridized carbons (Fsp3) is 0.250. The van der Waals surface area contributed by atoms with E-state index >= 15 is 0 Å². The highest BCUT2D eigenvalue weighted by Crippen LogP contribution is 2.17. The summed E-state index contributed by atoms with van der Waals surface area (Å²) < 4.78 is 0. The molecule has 122 valence electrons. The van der Waals surface area contributed by atoms with E-state index in [9.17, 15) is 0 Å². The van der Waals surface area contributed by atoms with Gasteiger partial charge >= 0.3 is 0 Å². The van der Waals surface area contributed by atoms with Crippen molar-refractivity contribution in [3.05, 3.63) is 70.4 Å². The van der Waals surface area contributed by atoms with Crippen LogP contribution in [0.25, 0.3) is 10.8 Å². The summed E-state index contributed by atoms with van der Waals surface area (Å²) in [4.78, 5) is 2.87. The van der Waals surface area contributed by atoms with E-state index in [0.29, 0.717) is 0 Å². The van der Waals surface area contributed by atoms with Crippen molar-refractivity contribution in [1.82, 2.24) is 5.01 Å². The fourth-order valence-electron chi connectivity index (χ4n) is 3.32. The van der Waals surface area contributed by atoms with Gasteiger partial charge in [-0.1, -0.05) is 48.5 Å². The van der Waals surface area contributed by atoms with Crippen LogP contribution in [0, 0.1) is 0 Å². The van der Waals surface area contributed by atoms with E-state index in [0.717, 1.165) is 32.7 Å². The standard InChI is InChI=1S/C20H21N3S/c1-2-9-20-17(5-1)6-3-7-18(20)16-22-10-12-23(13-11-22)21-15-19-8-4-14-24-19/h1-9,14-15H,10-13,16H2/p+1. The smallest absolute Gasteiger partial charge is 0.104 e. The predicted molar refractivity (Wildman–Crippen MR) is 102 cm³/mol. The molecule has 1 aliphatic rings. The Morgan fingerprint density at radius 3 is 2.67 bits per heavy atom. The SMILES string of the molecule is C(=NN1CC[NH+](Cc2cccc3ccccc23)CC1)c1cccs1. The largest absolute Gasteiger partial charge is 0.328 e. The first-order valence-electron chi connectivity index (χ1n) is 8.51. The fourth-order valence-corrected chi connectivity index (χ4v) is 3.90. The van der Waals surface area contributed by atoms with Crippen molar-refractivity contribution < 1.29 is 4.90 Å². The topological polar surface area (TPSA) is 20.0 Å². The summed E-state index contributed by atoms with van der Waals surface area (Å²) >= 11 is 1.73. The highest BCUT2D eigenvalue weighted by molar-refractivity contribution is 7.11. The molecule has 0 bridgehead atoms. The Morgan fingerprint density at radius 1 is 1.00 bits per heavy atom. The molecule has 0 saturated carbocycles. The van der Waals surface area contributed by atoms with Gasteiger partial charge in [0.15, 0.2) is 0 Å². The van der Waals surface area contributed by atoms with Gasteiger partial charge in [0.2, 0.25) is 0 Å². The minimum absolute atomic E-state index is 1.03. The normalized spacial score (nSPS) is 16.2. The lowest BCUT2D eigenvalue weighted by Gasteiger charge is -2.30. The zero-order valence-electron chi connectivity index (χ0n) is 13.7. The van der Waals surface area contributed by atoms with Gasteiger partial charge in [-0.15, -0.1) is 11.3 Å². The van der Waals surface area contributed by atoms with Crippen LogP contribution in [0.5, 0.6) is 0 Å². The molecular formula is C20H22N3S+. The van der Waals surface area contributed by atoms with Crippen molar-refractivity contribution in [3.63, 3.8) is 0 Å². The zero-order chi connectivity index (χ0) is 16.2. The lowest BCUT2D eigenvalue weighted by atomic mass is 10.0. The van der Waals surface area contributed by atoms with E-state index in [1.54, 1.807) is 16.2 Å². The minimum atomic E-state index is 1.03. The summed E-state index contributed by atoms with van der Waals surface area (Å²) in [5, 5.41) is 11.6. The Hall–Kier alpha value is -2.17. The number of piperazine rings is 1. The second-order valence-corrected chi connectivity index (χ2v) is 7.26. The number of thiophene rings is 1. The summed E-state index contributed by atoms with van der Waals surface area (Å²) in [6.07, 6.45) is 1.99. The Labute approximate surface area is 146 Å². The van der Waals surface area contributed by atoms with Gasteiger partial charge in [-0.05, 0) is 22.2 Å².